The molecule has 6 rings (SSSR count). The fraction of sp³-hybridized carbons (Fsp3) is 0.0400. The zero-order valence-corrected chi connectivity index (χ0v) is 22.2. The second-order valence-electron chi connectivity index (χ2n) is 8.02. The van der Waals surface area contributed by atoms with Gasteiger partial charge in [-0.1, -0.05) is 60.7 Å². The Morgan fingerprint density at radius 2 is 1.00 bits per heavy atom. The van der Waals surface area contributed by atoms with Crippen molar-refractivity contribution >= 4 is 83.8 Å². The van der Waals surface area contributed by atoms with Crippen LogP contribution in [0.15, 0.2) is 84.9 Å². The molecule has 1 unspecified atom stereocenters. The predicted octanol–water partition coefficient (Wildman–Crippen LogP) is 5.24. The van der Waals surface area contributed by atoms with Gasteiger partial charge in [0.2, 0.25) is 0 Å². The molecule has 0 bridgehead atoms. The van der Waals surface area contributed by atoms with Gasteiger partial charge in [-0.25, -0.2) is 0 Å². The van der Waals surface area contributed by atoms with Gasteiger partial charge in [0, 0.05) is 28.6 Å². The Hall–Kier alpha value is -1.19. The maximum Gasteiger partial charge on any atom is 0.327 e. The monoisotopic (exact) mass is 550 g/mol. The van der Waals surface area contributed by atoms with Crippen molar-refractivity contribution < 1.29 is 0 Å². The molecule has 0 fully saturated rings. The van der Waals surface area contributed by atoms with Gasteiger partial charge >= 0.3 is 16.5 Å². The van der Waals surface area contributed by atoms with Gasteiger partial charge in [0.1, 0.15) is 0 Å². The molecule has 4 aromatic carbocycles. The first-order valence-corrected chi connectivity index (χ1v) is 12.5. The number of benzene rings is 4. The second-order valence-corrected chi connectivity index (χ2v) is 12.3. The molecular formula is C25H14Al3IN2. The molecule has 0 saturated carbocycles. The van der Waals surface area contributed by atoms with Crippen molar-refractivity contribution in [3.8, 4) is 22.3 Å². The molecule has 2 aliphatic rings. The van der Waals surface area contributed by atoms with Crippen molar-refractivity contribution in [3.05, 3.63) is 107 Å². The second kappa shape index (κ2) is 7.42. The summed E-state index contributed by atoms with van der Waals surface area (Å²) in [6.07, 6.45) is 0. The van der Waals surface area contributed by atoms with Crippen LogP contribution in [0, 0.1) is 0 Å². The first-order valence-electron chi connectivity index (χ1n) is 10.0. The number of anilines is 2. The Balaban J connectivity index is 1.77. The summed E-state index contributed by atoms with van der Waals surface area (Å²) >= 11 is 10.5. The van der Waals surface area contributed by atoms with Crippen molar-refractivity contribution in [2.75, 3.05) is 4.96 Å². The van der Waals surface area contributed by atoms with Crippen LogP contribution in [0.1, 0.15) is 22.3 Å². The summed E-state index contributed by atoms with van der Waals surface area (Å²) in [4.78, 5) is 0. The van der Waals surface area contributed by atoms with Crippen LogP contribution in [0.4, 0.5) is 11.4 Å². The van der Waals surface area contributed by atoms with E-state index in [1.54, 1.807) is 0 Å². The quantitative estimate of drug-likeness (QED) is 0.165. The summed E-state index contributed by atoms with van der Waals surface area (Å²) in [6.45, 7) is 0. The van der Waals surface area contributed by atoms with E-state index in [0.29, 0.717) is 0 Å². The fourth-order valence-electron chi connectivity index (χ4n) is 5.42. The molecule has 31 heavy (non-hydrogen) atoms. The largest absolute Gasteiger partial charge is 0.587 e. The van der Waals surface area contributed by atoms with Crippen LogP contribution in [0.5, 0.6) is 0 Å². The van der Waals surface area contributed by atoms with Crippen LogP contribution in [0.3, 0.4) is 0 Å². The molecule has 0 aromatic heterocycles. The number of halogens is 1. The van der Waals surface area contributed by atoms with E-state index in [-0.39, 0.29) is 5.41 Å². The topological polar surface area (TPSA) is 6.48 Å². The molecule has 2 aliphatic carbocycles. The van der Waals surface area contributed by atoms with Crippen molar-refractivity contribution in [2.24, 2.45) is 0 Å². The van der Waals surface area contributed by atoms with E-state index >= 15 is 0 Å². The van der Waals surface area contributed by atoms with Crippen LogP contribution in [-0.2, 0) is 5.41 Å². The molecule has 6 heteroatoms. The molecule has 6 radical (unpaired) electrons. The molecule has 0 heterocycles. The lowest BCUT2D eigenvalue weighted by Gasteiger charge is -2.31. The minimum absolute atomic E-state index is 0.279. The zero-order valence-electron chi connectivity index (χ0n) is 16.6. The van der Waals surface area contributed by atoms with Crippen LogP contribution >= 0.6 is 22.9 Å². The van der Waals surface area contributed by atoms with E-state index in [9.17, 15) is 0 Å². The van der Waals surface area contributed by atoms with Gasteiger partial charge in [-0.2, -0.15) is 0 Å². The lowest BCUT2D eigenvalue weighted by atomic mass is 9.70. The summed E-state index contributed by atoms with van der Waals surface area (Å²) in [5, 5.41) is 0. The molecule has 0 amide bonds. The summed E-state index contributed by atoms with van der Waals surface area (Å²) in [6, 6.07) is 31.6. The molecule has 4 aromatic rings. The first-order chi connectivity index (χ1) is 15.0. The van der Waals surface area contributed by atoms with E-state index in [0.717, 1.165) is 5.69 Å². The van der Waals surface area contributed by atoms with Gasteiger partial charge in [0.05, 0.1) is 5.41 Å². The Bertz CT molecular complexity index is 1260. The van der Waals surface area contributed by atoms with Gasteiger partial charge in [-0.3, -0.25) is 0 Å². The number of hydrogen-bond donors (Lipinski definition) is 0. The summed E-state index contributed by atoms with van der Waals surface area (Å²) in [5.41, 5.74) is 12.8. The molecule has 1 atom stereocenters. The fourth-order valence-corrected chi connectivity index (χ4v) is 6.20. The minimum atomic E-state index is -0.279. The third kappa shape index (κ3) is 2.75. The molecule has 0 N–H and O–H groups in total. The van der Waals surface area contributed by atoms with Crippen LogP contribution < -0.4 is 4.96 Å². The molecule has 1 spiro atoms. The highest BCUT2D eigenvalue weighted by Gasteiger charge is 2.51. The molecule has 140 valence electrons. The number of rotatable bonds is 2. The normalized spacial score (nSPS) is 17.1. The minimum Gasteiger partial charge on any atom is -0.587 e. The molecule has 0 aliphatic heterocycles. The van der Waals surface area contributed by atoms with Crippen molar-refractivity contribution in [1.29, 1.82) is 0 Å². The molecular weight excluding hydrogens is 536 g/mol. The van der Waals surface area contributed by atoms with Crippen LogP contribution in [0.2, 0.25) is 0 Å². The Morgan fingerprint density at radius 3 is 1.52 bits per heavy atom. The van der Waals surface area contributed by atoms with Gasteiger partial charge in [0.15, 0.2) is 0 Å². The summed E-state index contributed by atoms with van der Waals surface area (Å²) in [5.74, 6) is 0. The number of fused-ring (bicyclic) bond motifs is 10. The Morgan fingerprint density at radius 1 is 0.548 bits per heavy atom. The molecule has 2 nitrogen and oxygen atoms in total. The Labute approximate surface area is 221 Å². The van der Waals surface area contributed by atoms with Crippen LogP contribution in [0.25, 0.3) is 22.3 Å². The van der Waals surface area contributed by atoms with E-state index in [1.807, 2.05) is 2.87 Å². The van der Waals surface area contributed by atoms with Crippen molar-refractivity contribution in [2.45, 2.75) is 5.41 Å². The van der Waals surface area contributed by atoms with Gasteiger partial charge < -0.3 is 4.96 Å². The van der Waals surface area contributed by atoms with Gasteiger partial charge in [0.25, 0.3) is 33.0 Å². The average molecular weight is 550 g/mol. The summed E-state index contributed by atoms with van der Waals surface area (Å²) in [7, 11) is 0. The molecule has 0 saturated heterocycles. The maximum atomic E-state index is 2.76. The van der Waals surface area contributed by atoms with Crippen molar-refractivity contribution in [1.82, 2.24) is 0 Å². The Kier molecular flexibility index (Phi) is 4.88. The number of nitrogens with zero attached hydrogens (tertiary/aromatic N) is 2. The highest BCUT2D eigenvalue weighted by atomic mass is 127. The lowest BCUT2D eigenvalue weighted by molar-refractivity contribution is 0.794. The third-order valence-electron chi connectivity index (χ3n) is 6.60. The lowest BCUT2D eigenvalue weighted by Crippen LogP contribution is -2.26. The SMILES string of the molecule is [Al][N]([Al])c1ccc2c(c1)-c1ccccc1C21c2ccccc2-c2cc([N]([Al])I)ccc21. The average Bonchev–Trinajstić information content (AvgIpc) is 3.25. The third-order valence-corrected chi connectivity index (χ3v) is 8.05. The standard InChI is InChI=1S/C25H14IN2.3Al/c26-28-16-10-12-24-20(14-16)18-6-2-4-8-22(18)25(24)21-7-3-1-5-17(21)19-13-15(27)9-11-23(19)25;;;/h1-14H;;;/q-1;;;+1. The van der Waals surface area contributed by atoms with E-state index in [4.69, 9.17) is 0 Å². The van der Waals surface area contributed by atoms with Gasteiger partial charge in [-0.15, -0.1) is 0 Å². The zero-order chi connectivity index (χ0) is 21.3. The smallest absolute Gasteiger partial charge is 0.327 e. The van der Waals surface area contributed by atoms with Crippen molar-refractivity contribution in [3.63, 3.8) is 0 Å². The van der Waals surface area contributed by atoms with Crippen LogP contribution in [-0.4, -0.2) is 49.5 Å². The van der Waals surface area contributed by atoms with E-state index in [2.05, 4.69) is 159 Å². The predicted molar refractivity (Wildman–Crippen MR) is 139 cm³/mol. The summed E-state index contributed by atoms with van der Waals surface area (Å²) < 4.78 is 4.09. The number of hydrogen-bond acceptors (Lipinski definition) is 2. The van der Waals surface area contributed by atoms with E-state index in [1.165, 1.54) is 50.2 Å². The highest BCUT2D eigenvalue weighted by Crippen LogP contribution is 2.63. The van der Waals surface area contributed by atoms with E-state index < -0.39 is 0 Å². The first kappa shape index (κ1) is 20.4. The maximum absolute atomic E-state index is 2.76. The van der Waals surface area contributed by atoms with Gasteiger partial charge in [-0.05, 0) is 74.5 Å². The highest BCUT2D eigenvalue weighted by molar-refractivity contribution is 14.1.